The quantitative estimate of drug-likeness (QED) is 0.626. The lowest BCUT2D eigenvalue weighted by Crippen LogP contribution is -2.37. The first-order chi connectivity index (χ1) is 7.24. The van der Waals surface area contributed by atoms with Crippen LogP contribution in [0.5, 0.6) is 0 Å². The number of hydrazine groups is 1. The molecule has 2 atom stereocenters. The van der Waals surface area contributed by atoms with Gasteiger partial charge >= 0.3 is 0 Å². The van der Waals surface area contributed by atoms with Crippen LogP contribution in [0.2, 0.25) is 0 Å². The lowest BCUT2D eigenvalue weighted by atomic mass is 10.1. The van der Waals surface area contributed by atoms with Crippen LogP contribution < -0.4 is 11.3 Å². The standard InChI is InChI=1S/C10H17BrN2OS/c1-3-8(14-4-2)9(13-12)10-7(11)5-6-15-10/h5-6,8-9,13H,3-4,12H2,1-2H3. The second-order valence-corrected chi connectivity index (χ2v) is 4.98. The van der Waals surface area contributed by atoms with Crippen LogP contribution in [0.4, 0.5) is 0 Å². The molecule has 0 bridgehead atoms. The molecule has 3 N–H and O–H groups in total. The van der Waals surface area contributed by atoms with Crippen molar-refractivity contribution < 1.29 is 4.74 Å². The van der Waals surface area contributed by atoms with Gasteiger partial charge in [0.2, 0.25) is 0 Å². The number of rotatable bonds is 6. The SMILES string of the molecule is CCOC(CC)C(NN)c1sccc1Br. The molecule has 0 fully saturated rings. The molecule has 0 aromatic carbocycles. The minimum atomic E-state index is 0.0596. The largest absolute Gasteiger partial charge is 0.376 e. The summed E-state index contributed by atoms with van der Waals surface area (Å²) in [7, 11) is 0. The average molecular weight is 293 g/mol. The van der Waals surface area contributed by atoms with Crippen molar-refractivity contribution in [3.63, 3.8) is 0 Å². The zero-order valence-corrected chi connectivity index (χ0v) is 11.4. The fourth-order valence-electron chi connectivity index (χ4n) is 1.54. The van der Waals surface area contributed by atoms with Gasteiger partial charge in [-0.2, -0.15) is 0 Å². The Morgan fingerprint density at radius 2 is 2.33 bits per heavy atom. The van der Waals surface area contributed by atoms with E-state index in [-0.39, 0.29) is 12.1 Å². The molecule has 15 heavy (non-hydrogen) atoms. The van der Waals surface area contributed by atoms with Crippen LogP contribution in [-0.4, -0.2) is 12.7 Å². The molecule has 5 heteroatoms. The molecule has 0 aliphatic carbocycles. The summed E-state index contributed by atoms with van der Waals surface area (Å²) in [6, 6.07) is 2.09. The van der Waals surface area contributed by atoms with Gasteiger partial charge in [0.15, 0.2) is 0 Å². The maximum atomic E-state index is 5.67. The first-order valence-corrected chi connectivity index (χ1v) is 6.72. The minimum Gasteiger partial charge on any atom is -0.376 e. The first kappa shape index (κ1) is 13.1. The molecular weight excluding hydrogens is 276 g/mol. The van der Waals surface area contributed by atoms with Crippen LogP contribution >= 0.6 is 27.3 Å². The minimum absolute atomic E-state index is 0.0596. The second kappa shape index (κ2) is 6.60. The highest BCUT2D eigenvalue weighted by molar-refractivity contribution is 9.10. The molecule has 1 heterocycles. The van der Waals surface area contributed by atoms with Gasteiger partial charge in [-0.15, -0.1) is 11.3 Å². The summed E-state index contributed by atoms with van der Waals surface area (Å²) in [6.07, 6.45) is 1.06. The van der Waals surface area contributed by atoms with E-state index < -0.39 is 0 Å². The summed E-state index contributed by atoms with van der Waals surface area (Å²) in [5, 5.41) is 2.04. The molecule has 0 spiro atoms. The van der Waals surface area contributed by atoms with Gasteiger partial charge in [0.25, 0.3) is 0 Å². The molecule has 2 unspecified atom stereocenters. The molecule has 0 radical (unpaired) electrons. The van der Waals surface area contributed by atoms with Crippen molar-refractivity contribution in [2.75, 3.05) is 6.61 Å². The van der Waals surface area contributed by atoms with Crippen LogP contribution in [0.1, 0.15) is 31.2 Å². The smallest absolute Gasteiger partial charge is 0.0825 e. The van der Waals surface area contributed by atoms with Crippen LogP contribution in [0.3, 0.4) is 0 Å². The van der Waals surface area contributed by atoms with Gasteiger partial charge in [-0.3, -0.25) is 5.84 Å². The summed E-state index contributed by atoms with van der Waals surface area (Å²) < 4.78 is 6.76. The van der Waals surface area contributed by atoms with Gasteiger partial charge in [0, 0.05) is 16.0 Å². The Morgan fingerprint density at radius 3 is 2.73 bits per heavy atom. The maximum Gasteiger partial charge on any atom is 0.0825 e. The predicted octanol–water partition coefficient (Wildman–Crippen LogP) is 2.83. The first-order valence-electron chi connectivity index (χ1n) is 5.05. The molecule has 1 rings (SSSR count). The van der Waals surface area contributed by atoms with Crippen molar-refractivity contribution in [1.29, 1.82) is 0 Å². The van der Waals surface area contributed by atoms with E-state index in [0.717, 1.165) is 10.9 Å². The van der Waals surface area contributed by atoms with Crippen LogP contribution in [0, 0.1) is 0 Å². The fourth-order valence-corrected chi connectivity index (χ4v) is 3.27. The molecule has 86 valence electrons. The monoisotopic (exact) mass is 292 g/mol. The second-order valence-electron chi connectivity index (χ2n) is 3.18. The number of thiophene rings is 1. The normalized spacial score (nSPS) is 15.2. The summed E-state index contributed by atoms with van der Waals surface area (Å²) >= 11 is 5.20. The van der Waals surface area contributed by atoms with Gasteiger partial charge in [-0.25, -0.2) is 5.43 Å². The molecule has 0 aliphatic rings. The molecule has 0 amide bonds. The van der Waals surface area contributed by atoms with Crippen LogP contribution in [0.15, 0.2) is 15.9 Å². The lowest BCUT2D eigenvalue weighted by molar-refractivity contribution is 0.0321. The molecule has 0 saturated heterocycles. The van der Waals surface area contributed by atoms with Gasteiger partial charge < -0.3 is 4.74 Å². The van der Waals surface area contributed by atoms with E-state index in [4.69, 9.17) is 10.6 Å². The van der Waals surface area contributed by atoms with E-state index in [0.29, 0.717) is 6.61 Å². The Morgan fingerprint density at radius 1 is 1.60 bits per heavy atom. The van der Waals surface area contributed by atoms with Gasteiger partial charge in [0.1, 0.15) is 0 Å². The summed E-state index contributed by atoms with van der Waals surface area (Å²) in [6.45, 7) is 4.81. The van der Waals surface area contributed by atoms with E-state index in [1.807, 2.05) is 18.4 Å². The fraction of sp³-hybridized carbons (Fsp3) is 0.600. The maximum absolute atomic E-state index is 5.67. The van der Waals surface area contributed by atoms with Crippen molar-refractivity contribution in [3.05, 3.63) is 20.8 Å². The predicted molar refractivity (Wildman–Crippen MR) is 67.8 cm³/mol. The summed E-state index contributed by atoms with van der Waals surface area (Å²) in [5.74, 6) is 5.60. The highest BCUT2D eigenvalue weighted by atomic mass is 79.9. The third-order valence-electron chi connectivity index (χ3n) is 2.26. The Hall–Kier alpha value is 0.0600. The van der Waals surface area contributed by atoms with Crippen LogP contribution in [0.25, 0.3) is 0 Å². The number of halogens is 1. The zero-order valence-electron chi connectivity index (χ0n) is 9.00. The topological polar surface area (TPSA) is 47.3 Å². The Bertz CT molecular complexity index is 293. The van der Waals surface area contributed by atoms with E-state index in [1.165, 1.54) is 4.88 Å². The molecule has 1 aromatic heterocycles. The number of hydrogen-bond donors (Lipinski definition) is 2. The van der Waals surface area contributed by atoms with E-state index in [1.54, 1.807) is 11.3 Å². The third kappa shape index (κ3) is 3.26. The van der Waals surface area contributed by atoms with E-state index >= 15 is 0 Å². The number of hydrogen-bond acceptors (Lipinski definition) is 4. The molecule has 0 saturated carbocycles. The highest BCUT2D eigenvalue weighted by Gasteiger charge is 2.23. The van der Waals surface area contributed by atoms with Crippen molar-refractivity contribution in [1.82, 2.24) is 5.43 Å². The molecule has 1 aromatic rings. The van der Waals surface area contributed by atoms with Gasteiger partial charge in [-0.05, 0) is 40.7 Å². The molecular formula is C10H17BrN2OS. The van der Waals surface area contributed by atoms with Gasteiger partial charge in [-0.1, -0.05) is 6.92 Å². The van der Waals surface area contributed by atoms with Gasteiger partial charge in [0.05, 0.1) is 12.1 Å². The van der Waals surface area contributed by atoms with Crippen molar-refractivity contribution in [3.8, 4) is 0 Å². The van der Waals surface area contributed by atoms with Crippen molar-refractivity contribution in [2.24, 2.45) is 5.84 Å². The number of nitrogens with two attached hydrogens (primary N) is 1. The van der Waals surface area contributed by atoms with Crippen LogP contribution in [-0.2, 0) is 4.74 Å². The molecule has 3 nitrogen and oxygen atoms in total. The van der Waals surface area contributed by atoms with Crippen molar-refractivity contribution >= 4 is 27.3 Å². The highest BCUT2D eigenvalue weighted by Crippen LogP contribution is 2.32. The summed E-state index contributed by atoms with van der Waals surface area (Å²) in [5.41, 5.74) is 2.84. The lowest BCUT2D eigenvalue weighted by Gasteiger charge is -2.24. The zero-order chi connectivity index (χ0) is 11.3. The third-order valence-corrected chi connectivity index (χ3v) is 4.22. The van der Waals surface area contributed by atoms with E-state index in [9.17, 15) is 0 Å². The Kier molecular flexibility index (Phi) is 5.78. The molecule has 0 aliphatic heterocycles. The Balaban J connectivity index is 2.82. The van der Waals surface area contributed by atoms with Crippen molar-refractivity contribution in [2.45, 2.75) is 32.4 Å². The Labute approximate surface area is 103 Å². The average Bonchev–Trinajstić information content (AvgIpc) is 2.65. The number of ether oxygens (including phenoxy) is 1. The summed E-state index contributed by atoms with van der Waals surface area (Å²) in [4.78, 5) is 1.19. The van der Waals surface area contributed by atoms with E-state index in [2.05, 4.69) is 28.3 Å². The number of nitrogens with one attached hydrogen (secondary N) is 1.